The molecule has 2 aliphatic rings. The molecule has 0 amide bonds. The smallest absolute Gasteiger partial charge is 0.0111 e. The maximum atomic E-state index is 3.62. The molecule has 1 saturated heterocycles. The molecule has 0 radical (unpaired) electrons. The first kappa shape index (κ1) is 8.52. The van der Waals surface area contributed by atoms with Crippen LogP contribution in [-0.2, 0) is 0 Å². The highest BCUT2D eigenvalue weighted by atomic mass is 15.0. The van der Waals surface area contributed by atoms with Crippen LogP contribution in [0.5, 0.6) is 0 Å². The standard InChI is InChI=1S/C10H20N2/c1-11-9-5-2-4-8(9)10-6-3-7-12-10/h8-12H,2-7H2,1H3. The highest BCUT2D eigenvalue weighted by Crippen LogP contribution is 2.31. The molecule has 3 unspecified atom stereocenters. The normalized spacial score (nSPS) is 42.2. The fraction of sp³-hybridized carbons (Fsp3) is 1.00. The van der Waals surface area contributed by atoms with Gasteiger partial charge in [0.1, 0.15) is 0 Å². The minimum atomic E-state index is 0.792. The summed E-state index contributed by atoms with van der Waals surface area (Å²) < 4.78 is 0. The number of nitrogens with one attached hydrogen (secondary N) is 2. The number of hydrogen-bond acceptors (Lipinski definition) is 2. The monoisotopic (exact) mass is 168 g/mol. The lowest BCUT2D eigenvalue weighted by Gasteiger charge is -2.25. The van der Waals surface area contributed by atoms with Gasteiger partial charge in [-0.05, 0) is 45.2 Å². The van der Waals surface area contributed by atoms with Gasteiger partial charge in [-0.1, -0.05) is 6.42 Å². The molecule has 70 valence electrons. The van der Waals surface area contributed by atoms with Crippen LogP contribution in [-0.4, -0.2) is 25.7 Å². The predicted octanol–water partition coefficient (Wildman–Crippen LogP) is 1.13. The van der Waals surface area contributed by atoms with Gasteiger partial charge in [0, 0.05) is 12.1 Å². The molecule has 1 aliphatic heterocycles. The second kappa shape index (κ2) is 3.75. The van der Waals surface area contributed by atoms with E-state index >= 15 is 0 Å². The van der Waals surface area contributed by atoms with Gasteiger partial charge in [-0.15, -0.1) is 0 Å². The zero-order valence-corrected chi connectivity index (χ0v) is 7.97. The van der Waals surface area contributed by atoms with E-state index in [1.54, 1.807) is 0 Å². The maximum absolute atomic E-state index is 3.62. The molecule has 1 saturated carbocycles. The molecule has 2 rings (SSSR count). The van der Waals surface area contributed by atoms with Gasteiger partial charge in [-0.3, -0.25) is 0 Å². The minimum Gasteiger partial charge on any atom is -0.317 e. The van der Waals surface area contributed by atoms with Gasteiger partial charge >= 0.3 is 0 Å². The van der Waals surface area contributed by atoms with Gasteiger partial charge in [0.25, 0.3) is 0 Å². The van der Waals surface area contributed by atoms with Crippen LogP contribution in [0.15, 0.2) is 0 Å². The average Bonchev–Trinajstić information content (AvgIpc) is 2.74. The van der Waals surface area contributed by atoms with E-state index in [1.807, 2.05) is 0 Å². The Bertz CT molecular complexity index is 141. The van der Waals surface area contributed by atoms with E-state index in [1.165, 1.54) is 38.6 Å². The van der Waals surface area contributed by atoms with E-state index in [9.17, 15) is 0 Å². The molecule has 12 heavy (non-hydrogen) atoms. The summed E-state index contributed by atoms with van der Waals surface area (Å²) in [4.78, 5) is 0. The molecule has 1 aliphatic carbocycles. The van der Waals surface area contributed by atoms with Crippen molar-refractivity contribution in [1.29, 1.82) is 0 Å². The van der Waals surface area contributed by atoms with Crippen molar-refractivity contribution in [3.8, 4) is 0 Å². The SMILES string of the molecule is CNC1CCCC1C1CCCN1. The van der Waals surface area contributed by atoms with E-state index in [0.29, 0.717) is 0 Å². The molecule has 0 spiro atoms. The lowest BCUT2D eigenvalue weighted by atomic mass is 9.93. The zero-order chi connectivity index (χ0) is 8.39. The van der Waals surface area contributed by atoms with Gasteiger partial charge in [-0.25, -0.2) is 0 Å². The summed E-state index contributed by atoms with van der Waals surface area (Å²) in [6.45, 7) is 1.25. The van der Waals surface area contributed by atoms with Crippen molar-refractivity contribution >= 4 is 0 Å². The van der Waals surface area contributed by atoms with Crippen LogP contribution in [0.4, 0.5) is 0 Å². The van der Waals surface area contributed by atoms with E-state index in [-0.39, 0.29) is 0 Å². The molecular weight excluding hydrogens is 148 g/mol. The van der Waals surface area contributed by atoms with Crippen LogP contribution in [0.2, 0.25) is 0 Å². The number of hydrogen-bond donors (Lipinski definition) is 2. The lowest BCUT2D eigenvalue weighted by molar-refractivity contribution is 0.334. The summed E-state index contributed by atoms with van der Waals surface area (Å²) in [7, 11) is 2.11. The summed E-state index contributed by atoms with van der Waals surface area (Å²) >= 11 is 0. The van der Waals surface area contributed by atoms with Gasteiger partial charge in [-0.2, -0.15) is 0 Å². The Morgan fingerprint density at radius 1 is 1.17 bits per heavy atom. The fourth-order valence-corrected chi connectivity index (χ4v) is 2.91. The molecule has 2 fully saturated rings. The van der Waals surface area contributed by atoms with E-state index in [2.05, 4.69) is 17.7 Å². The Hall–Kier alpha value is -0.0800. The van der Waals surface area contributed by atoms with Gasteiger partial charge < -0.3 is 10.6 Å². The van der Waals surface area contributed by atoms with Crippen LogP contribution in [0.25, 0.3) is 0 Å². The first-order valence-electron chi connectivity index (χ1n) is 5.32. The van der Waals surface area contributed by atoms with Crippen molar-refractivity contribution in [1.82, 2.24) is 10.6 Å². The Balaban J connectivity index is 1.92. The summed E-state index contributed by atoms with van der Waals surface area (Å²) in [5, 5.41) is 7.07. The second-order valence-electron chi connectivity index (χ2n) is 4.19. The van der Waals surface area contributed by atoms with E-state index in [0.717, 1.165) is 18.0 Å². The van der Waals surface area contributed by atoms with Crippen molar-refractivity contribution in [3.63, 3.8) is 0 Å². The third kappa shape index (κ3) is 1.50. The van der Waals surface area contributed by atoms with E-state index < -0.39 is 0 Å². The Morgan fingerprint density at radius 3 is 2.75 bits per heavy atom. The summed E-state index contributed by atoms with van der Waals surface area (Å²) in [5.74, 6) is 0.914. The molecule has 0 bridgehead atoms. The fourth-order valence-electron chi connectivity index (χ4n) is 2.91. The third-order valence-electron chi connectivity index (χ3n) is 3.56. The molecule has 2 N–H and O–H groups in total. The molecule has 0 aromatic carbocycles. The summed E-state index contributed by atoms with van der Waals surface area (Å²) in [6, 6.07) is 1.62. The molecular formula is C10H20N2. The number of rotatable bonds is 2. The van der Waals surface area contributed by atoms with E-state index in [4.69, 9.17) is 0 Å². The van der Waals surface area contributed by atoms with Crippen molar-refractivity contribution in [3.05, 3.63) is 0 Å². The third-order valence-corrected chi connectivity index (χ3v) is 3.56. The average molecular weight is 168 g/mol. The molecule has 2 heteroatoms. The summed E-state index contributed by atoms with van der Waals surface area (Å²) in [6.07, 6.45) is 7.04. The zero-order valence-electron chi connectivity index (χ0n) is 7.97. The largest absolute Gasteiger partial charge is 0.317 e. The molecule has 0 aromatic heterocycles. The molecule has 3 atom stereocenters. The molecule has 1 heterocycles. The highest BCUT2D eigenvalue weighted by molar-refractivity contribution is 4.92. The Kier molecular flexibility index (Phi) is 2.66. The predicted molar refractivity (Wildman–Crippen MR) is 51.2 cm³/mol. The van der Waals surface area contributed by atoms with Crippen molar-refractivity contribution < 1.29 is 0 Å². The van der Waals surface area contributed by atoms with Gasteiger partial charge in [0.2, 0.25) is 0 Å². The van der Waals surface area contributed by atoms with Crippen molar-refractivity contribution in [2.75, 3.05) is 13.6 Å². The van der Waals surface area contributed by atoms with Gasteiger partial charge in [0.15, 0.2) is 0 Å². The Morgan fingerprint density at radius 2 is 2.08 bits per heavy atom. The molecule has 0 aromatic rings. The lowest BCUT2D eigenvalue weighted by Crippen LogP contribution is -2.40. The maximum Gasteiger partial charge on any atom is 0.0111 e. The van der Waals surface area contributed by atoms with Crippen molar-refractivity contribution in [2.24, 2.45) is 5.92 Å². The quantitative estimate of drug-likeness (QED) is 0.646. The van der Waals surface area contributed by atoms with Crippen LogP contribution >= 0.6 is 0 Å². The van der Waals surface area contributed by atoms with Crippen LogP contribution < -0.4 is 10.6 Å². The van der Waals surface area contributed by atoms with Crippen LogP contribution in [0.1, 0.15) is 32.1 Å². The van der Waals surface area contributed by atoms with Crippen LogP contribution in [0.3, 0.4) is 0 Å². The van der Waals surface area contributed by atoms with Crippen molar-refractivity contribution in [2.45, 2.75) is 44.2 Å². The topological polar surface area (TPSA) is 24.1 Å². The second-order valence-corrected chi connectivity index (χ2v) is 4.19. The van der Waals surface area contributed by atoms with Gasteiger partial charge in [0.05, 0.1) is 0 Å². The minimum absolute atomic E-state index is 0.792. The Labute approximate surface area is 75.1 Å². The highest BCUT2D eigenvalue weighted by Gasteiger charge is 2.33. The van der Waals surface area contributed by atoms with Crippen LogP contribution in [0, 0.1) is 5.92 Å². The first-order chi connectivity index (χ1) is 5.92. The molecule has 2 nitrogen and oxygen atoms in total. The summed E-state index contributed by atoms with van der Waals surface area (Å²) in [5.41, 5.74) is 0. The first-order valence-corrected chi connectivity index (χ1v) is 5.32.